The number of rotatable bonds is 6. The molecule has 6 nitrogen and oxygen atoms in total. The van der Waals surface area contributed by atoms with Crippen LogP contribution in [-0.4, -0.2) is 61.3 Å². The Balaban J connectivity index is 1.56. The monoisotopic (exact) mass is 503 g/mol. The maximum Gasteiger partial charge on any atom is 0.406 e. The minimum absolute atomic E-state index is 0.171. The van der Waals surface area contributed by atoms with Crippen molar-refractivity contribution in [3.8, 4) is 11.8 Å². The van der Waals surface area contributed by atoms with E-state index in [9.17, 15) is 18.0 Å². The maximum atomic E-state index is 13.4. The molecule has 186 valence electrons. The van der Waals surface area contributed by atoms with Crippen LogP contribution in [0.1, 0.15) is 28.2 Å². The fourth-order valence-electron chi connectivity index (χ4n) is 4.18. The number of anilines is 2. The van der Waals surface area contributed by atoms with E-state index in [-0.39, 0.29) is 18.5 Å². The number of piperidine rings is 1. The minimum atomic E-state index is -4.37. The molecule has 35 heavy (non-hydrogen) atoms. The van der Waals surface area contributed by atoms with E-state index in [1.165, 1.54) is 15.9 Å². The van der Waals surface area contributed by atoms with Crippen LogP contribution in [-0.2, 0) is 6.54 Å². The summed E-state index contributed by atoms with van der Waals surface area (Å²) in [6, 6.07) is 10.9. The number of carbonyl (C=O) groups excluding carboxylic acids is 1. The Morgan fingerprint density at radius 3 is 2.69 bits per heavy atom. The molecule has 1 fully saturated rings. The van der Waals surface area contributed by atoms with E-state index in [1.807, 2.05) is 6.07 Å². The van der Waals surface area contributed by atoms with Crippen LogP contribution in [0.4, 0.5) is 23.9 Å². The van der Waals surface area contributed by atoms with Crippen LogP contribution < -0.4 is 16.0 Å². The predicted molar refractivity (Wildman–Crippen MR) is 135 cm³/mol. The van der Waals surface area contributed by atoms with Crippen molar-refractivity contribution in [2.24, 2.45) is 0 Å². The van der Waals surface area contributed by atoms with Gasteiger partial charge in [0.2, 0.25) is 0 Å². The summed E-state index contributed by atoms with van der Waals surface area (Å²) in [6.07, 6.45) is -2.40. The highest BCUT2D eigenvalue weighted by Gasteiger charge is 2.30. The molecular formula is C25H28F3N5OS. The number of halogens is 3. The van der Waals surface area contributed by atoms with Crippen LogP contribution in [0, 0.1) is 11.8 Å². The lowest BCUT2D eigenvalue weighted by Crippen LogP contribution is -2.36. The van der Waals surface area contributed by atoms with Gasteiger partial charge in [-0.3, -0.25) is 4.79 Å². The molecule has 1 aromatic carbocycles. The van der Waals surface area contributed by atoms with E-state index >= 15 is 0 Å². The third kappa shape index (κ3) is 6.29. The van der Waals surface area contributed by atoms with Gasteiger partial charge in [-0.05, 0) is 69.2 Å². The molecule has 2 aromatic heterocycles. The third-order valence-corrected chi connectivity index (χ3v) is 7.03. The largest absolute Gasteiger partial charge is 0.406 e. The fourth-order valence-corrected chi connectivity index (χ4v) is 5.03. The molecule has 3 heterocycles. The maximum absolute atomic E-state index is 13.4. The van der Waals surface area contributed by atoms with Crippen molar-refractivity contribution in [3.63, 3.8) is 0 Å². The molecule has 1 amide bonds. The Bertz CT molecular complexity index is 1250. The summed E-state index contributed by atoms with van der Waals surface area (Å²) in [4.78, 5) is 14.5. The Labute approximate surface area is 206 Å². The van der Waals surface area contributed by atoms with Crippen molar-refractivity contribution < 1.29 is 18.0 Å². The van der Waals surface area contributed by atoms with E-state index < -0.39 is 12.7 Å². The molecule has 0 bridgehead atoms. The summed E-state index contributed by atoms with van der Waals surface area (Å²) >= 11 is 1.29. The Morgan fingerprint density at radius 1 is 1.20 bits per heavy atom. The van der Waals surface area contributed by atoms with E-state index in [4.69, 9.17) is 0 Å². The summed E-state index contributed by atoms with van der Waals surface area (Å²) in [7, 11) is 3.66. The summed E-state index contributed by atoms with van der Waals surface area (Å²) in [5.74, 6) is 5.67. The van der Waals surface area contributed by atoms with Crippen LogP contribution in [0.25, 0.3) is 10.9 Å². The number of amides is 1. The van der Waals surface area contributed by atoms with Crippen molar-refractivity contribution in [1.82, 2.24) is 14.8 Å². The first-order valence-electron chi connectivity index (χ1n) is 11.4. The van der Waals surface area contributed by atoms with Gasteiger partial charge in [-0.1, -0.05) is 12.0 Å². The highest BCUT2D eigenvalue weighted by molar-refractivity contribution is 7.17. The number of alkyl halides is 3. The van der Waals surface area contributed by atoms with Gasteiger partial charge in [-0.2, -0.15) is 13.2 Å². The number of fused-ring (bicyclic) bond motifs is 1. The Hall–Kier alpha value is -3.16. The number of carbonyl (C=O) groups is 1. The number of likely N-dealkylation sites (tertiary alicyclic amines) is 1. The number of hydrogen-bond acceptors (Lipinski definition) is 5. The zero-order chi connectivity index (χ0) is 25.0. The molecule has 0 atom stereocenters. The molecule has 0 unspecified atom stereocenters. The summed E-state index contributed by atoms with van der Waals surface area (Å²) in [6.45, 7) is 1.11. The number of nitrogens with zero attached hydrogens (tertiary/aromatic N) is 2. The van der Waals surface area contributed by atoms with Crippen molar-refractivity contribution >= 4 is 38.8 Å². The second-order valence-corrected chi connectivity index (χ2v) is 9.67. The Kier molecular flexibility index (Phi) is 7.57. The molecule has 3 N–H and O–H groups in total. The molecule has 4 rings (SSSR count). The van der Waals surface area contributed by atoms with Gasteiger partial charge in [-0.25, -0.2) is 0 Å². The number of hydrogen-bond donors (Lipinski definition) is 3. The van der Waals surface area contributed by atoms with Crippen LogP contribution in [0.5, 0.6) is 0 Å². The van der Waals surface area contributed by atoms with Crippen LogP contribution in [0.3, 0.4) is 0 Å². The van der Waals surface area contributed by atoms with Crippen LogP contribution in [0.2, 0.25) is 0 Å². The van der Waals surface area contributed by atoms with E-state index in [1.54, 1.807) is 37.4 Å². The molecule has 1 saturated heterocycles. The SMILES string of the molecule is CNC(=O)c1ccc(NCC#Cc2cc3c(NC4CCN(C)CC4)cccc3n2CC(F)(F)F)s1. The van der Waals surface area contributed by atoms with Crippen LogP contribution >= 0.6 is 11.3 Å². The van der Waals surface area contributed by atoms with E-state index in [0.717, 1.165) is 42.0 Å². The second-order valence-electron chi connectivity index (χ2n) is 8.59. The van der Waals surface area contributed by atoms with Gasteiger partial charge in [0.15, 0.2) is 0 Å². The highest BCUT2D eigenvalue weighted by Crippen LogP contribution is 2.31. The first-order valence-corrected chi connectivity index (χ1v) is 12.2. The first-order chi connectivity index (χ1) is 16.7. The second kappa shape index (κ2) is 10.6. The zero-order valence-corrected chi connectivity index (χ0v) is 20.4. The molecule has 0 radical (unpaired) electrons. The lowest BCUT2D eigenvalue weighted by Gasteiger charge is -2.30. The lowest BCUT2D eigenvalue weighted by molar-refractivity contribution is -0.140. The molecule has 0 spiro atoms. The van der Waals surface area contributed by atoms with E-state index in [2.05, 4.69) is 39.7 Å². The standard InChI is InChI=1S/C25H28F3N5OS/c1-29-24(34)22-8-9-23(35-22)30-12-4-5-18-15-19-20(31-17-10-13-32(2)14-11-17)6-3-7-21(19)33(18)16-25(26,27)28/h3,6-9,15,17,30-31H,10-14,16H2,1-2H3,(H,29,34). The smallest absolute Gasteiger partial charge is 0.382 e. The van der Waals surface area contributed by atoms with Gasteiger partial charge < -0.3 is 25.4 Å². The van der Waals surface area contributed by atoms with Gasteiger partial charge in [-0.15, -0.1) is 11.3 Å². The van der Waals surface area contributed by atoms with Crippen molar-refractivity contribution in [3.05, 3.63) is 47.0 Å². The summed E-state index contributed by atoms with van der Waals surface area (Å²) in [5, 5.41) is 10.7. The van der Waals surface area contributed by atoms with E-state index in [0.29, 0.717) is 16.1 Å². The number of aromatic nitrogens is 1. The quantitative estimate of drug-likeness (QED) is 0.431. The third-order valence-electron chi connectivity index (χ3n) is 5.99. The average molecular weight is 504 g/mol. The van der Waals surface area contributed by atoms with Gasteiger partial charge >= 0.3 is 6.18 Å². The molecule has 0 aliphatic carbocycles. The molecule has 1 aliphatic heterocycles. The molecule has 3 aromatic rings. The zero-order valence-electron chi connectivity index (χ0n) is 19.6. The minimum Gasteiger partial charge on any atom is -0.382 e. The summed E-state index contributed by atoms with van der Waals surface area (Å²) < 4.78 is 41.5. The first kappa shape index (κ1) is 24.9. The number of benzene rings is 1. The summed E-state index contributed by atoms with van der Waals surface area (Å²) in [5.41, 5.74) is 1.65. The highest BCUT2D eigenvalue weighted by atomic mass is 32.1. The Morgan fingerprint density at radius 2 is 1.97 bits per heavy atom. The molecule has 0 saturated carbocycles. The average Bonchev–Trinajstić information content (AvgIpc) is 3.42. The van der Waals surface area contributed by atoms with Crippen molar-refractivity contribution in [1.29, 1.82) is 0 Å². The van der Waals surface area contributed by atoms with Gasteiger partial charge in [0, 0.05) is 24.2 Å². The molecule has 10 heteroatoms. The molecular weight excluding hydrogens is 475 g/mol. The predicted octanol–water partition coefficient (Wildman–Crippen LogP) is 4.59. The van der Waals surface area contributed by atoms with Crippen LogP contribution in [0.15, 0.2) is 36.4 Å². The van der Waals surface area contributed by atoms with Gasteiger partial charge in [0.25, 0.3) is 5.91 Å². The van der Waals surface area contributed by atoms with Crippen molar-refractivity contribution in [2.75, 3.05) is 44.4 Å². The number of thiophene rings is 1. The number of nitrogens with one attached hydrogen (secondary N) is 3. The topological polar surface area (TPSA) is 61.3 Å². The van der Waals surface area contributed by atoms with Gasteiger partial charge in [0.05, 0.1) is 27.6 Å². The van der Waals surface area contributed by atoms with Gasteiger partial charge in [0.1, 0.15) is 6.54 Å². The fraction of sp³-hybridized carbons (Fsp3) is 0.400. The molecule has 1 aliphatic rings. The normalized spacial score (nSPS) is 15.0. The lowest BCUT2D eigenvalue weighted by atomic mass is 10.0. The van der Waals surface area contributed by atoms with Crippen molar-refractivity contribution in [2.45, 2.75) is 31.6 Å².